The summed E-state index contributed by atoms with van der Waals surface area (Å²) in [7, 11) is 0. The maximum Gasteiger partial charge on any atom is 0.246 e. The summed E-state index contributed by atoms with van der Waals surface area (Å²) in [5.41, 5.74) is 5.13. The number of primary amides is 1. The Hall–Kier alpha value is -5.35. The molecular weight excluding hydrogens is 997 g/mol. The van der Waals surface area contributed by atoms with E-state index in [1.165, 1.54) is 34.6 Å². The van der Waals surface area contributed by atoms with Gasteiger partial charge in [-0.3, -0.25) is 47.9 Å². The number of nitrogens with two attached hydrogens (primary N) is 1. The van der Waals surface area contributed by atoms with Crippen LogP contribution in [0.2, 0.25) is 0 Å². The van der Waals surface area contributed by atoms with E-state index in [4.69, 9.17) is 34.2 Å². The Morgan fingerprint density at radius 2 is 1.03 bits per heavy atom. The van der Waals surface area contributed by atoms with Gasteiger partial charge in [0.15, 0.2) is 6.29 Å². The number of thiol groups is 1. The predicted molar refractivity (Wildman–Crippen MR) is 254 cm³/mol. The van der Waals surface area contributed by atoms with Crippen LogP contribution in [0.5, 0.6) is 0 Å². The molecular formula is C42H74N10O20S. The second-order valence-corrected chi connectivity index (χ2v) is 16.7. The number of hydrogen-bond donors (Lipinski definition) is 15. The number of carbonyl (C=O) groups is 10. The minimum Gasteiger partial charge on any atom is -0.394 e. The number of amides is 10. The van der Waals surface area contributed by atoms with Crippen molar-refractivity contribution in [3.63, 3.8) is 0 Å². The molecule has 10 amide bonds. The number of aliphatic hydroxyl groups excluding tert-OH is 4. The van der Waals surface area contributed by atoms with Crippen LogP contribution >= 0.6 is 12.6 Å². The largest absolute Gasteiger partial charge is 0.394 e. The van der Waals surface area contributed by atoms with E-state index in [0.717, 1.165) is 0 Å². The molecule has 0 spiro atoms. The van der Waals surface area contributed by atoms with Gasteiger partial charge < -0.3 is 102 Å². The maximum absolute atomic E-state index is 13.5. The Labute approximate surface area is 427 Å². The maximum atomic E-state index is 13.5. The van der Waals surface area contributed by atoms with Crippen LogP contribution in [0.4, 0.5) is 0 Å². The molecule has 0 saturated carbocycles. The molecule has 0 aromatic heterocycles. The van der Waals surface area contributed by atoms with Gasteiger partial charge >= 0.3 is 0 Å². The standard InChI is InChI=1S/C42H74N10O20S/c1-22(37(62)46-9-12-68-14-16-69-19-31(56)45-8-11-67-15-17-70-20-32(57)51-28(21-73)36(43)61)48-39(64)24(3)50-41(66)27(52-40(65)25(4)49-38(63)23(2)47-26(5)54)6-7-30(55)44-10-13-71-42-35(60)34(59)33(58)29(18-53)72-42/h22-25,27-29,33-35,42,53,58-60,73H,6-21H2,1-5H3,(H2,43,61)(H,44,55)(H,45,56)(H,46,62)(H,47,54)(H,48,64)(H,49,63)(H,50,66)(H,51,57)(H,52,65)/t22-,23-,24-,25-,27-,28-,29+,33+,34-,35-,42-/m0/s1. The topological polar surface area (TPSA) is 441 Å². The van der Waals surface area contributed by atoms with Crippen LogP contribution in [0.1, 0.15) is 47.5 Å². The van der Waals surface area contributed by atoms with Crippen LogP contribution in [-0.2, 0) is 76.4 Å². The molecule has 0 unspecified atom stereocenters. The van der Waals surface area contributed by atoms with Crippen LogP contribution in [-0.4, -0.2) is 238 Å². The van der Waals surface area contributed by atoms with Crippen molar-refractivity contribution < 1.29 is 96.8 Å². The first kappa shape index (κ1) is 65.7. The average molecular weight is 1070 g/mol. The fourth-order valence-corrected chi connectivity index (χ4v) is 6.25. The number of hydrogen-bond acceptors (Lipinski definition) is 21. The molecule has 0 radical (unpaired) electrons. The van der Waals surface area contributed by atoms with Gasteiger partial charge in [-0.2, -0.15) is 12.6 Å². The number of aliphatic hydroxyl groups is 4. The molecule has 15 N–H and O–H groups in total. The molecule has 73 heavy (non-hydrogen) atoms. The Bertz CT molecular complexity index is 1790. The Kier molecular flexibility index (Phi) is 32.9. The third-order valence-corrected chi connectivity index (χ3v) is 10.5. The summed E-state index contributed by atoms with van der Waals surface area (Å²) in [6.45, 7) is 5.79. The molecule has 418 valence electrons. The van der Waals surface area contributed by atoms with Crippen LogP contribution in [0.25, 0.3) is 0 Å². The molecule has 0 aromatic carbocycles. The van der Waals surface area contributed by atoms with Crippen molar-refractivity contribution in [1.29, 1.82) is 0 Å². The van der Waals surface area contributed by atoms with Gasteiger partial charge in [0.2, 0.25) is 59.1 Å². The first-order valence-corrected chi connectivity index (χ1v) is 23.9. The fourth-order valence-electron chi connectivity index (χ4n) is 5.98. The number of rotatable bonds is 37. The van der Waals surface area contributed by atoms with Gasteiger partial charge in [0.05, 0.1) is 52.9 Å². The highest BCUT2D eigenvalue weighted by Crippen LogP contribution is 2.21. The lowest BCUT2D eigenvalue weighted by molar-refractivity contribution is -0.300. The third-order valence-electron chi connectivity index (χ3n) is 10.1. The van der Waals surface area contributed by atoms with Gasteiger partial charge in [-0.05, 0) is 34.1 Å². The highest BCUT2D eigenvalue weighted by Gasteiger charge is 2.44. The van der Waals surface area contributed by atoms with Crippen molar-refractivity contribution in [1.82, 2.24) is 47.9 Å². The minimum absolute atomic E-state index is 0.0428. The van der Waals surface area contributed by atoms with Gasteiger partial charge in [0.1, 0.15) is 73.9 Å². The Morgan fingerprint density at radius 3 is 1.58 bits per heavy atom. The molecule has 1 saturated heterocycles. The first-order chi connectivity index (χ1) is 34.5. The van der Waals surface area contributed by atoms with Gasteiger partial charge in [-0.25, -0.2) is 0 Å². The van der Waals surface area contributed by atoms with Gasteiger partial charge in [-0.15, -0.1) is 0 Å². The molecule has 30 nitrogen and oxygen atoms in total. The van der Waals surface area contributed by atoms with Crippen molar-refractivity contribution in [3.8, 4) is 0 Å². The van der Waals surface area contributed by atoms with Crippen LogP contribution in [0.3, 0.4) is 0 Å². The predicted octanol–water partition coefficient (Wildman–Crippen LogP) is -8.58. The monoisotopic (exact) mass is 1070 g/mol. The van der Waals surface area contributed by atoms with Crippen molar-refractivity contribution in [2.75, 3.05) is 91.5 Å². The SMILES string of the molecule is CC(=O)N[C@@H](C)C(=O)N[C@@H](C)C(=O)N[C@@H](CCC(=O)NCCO[C@H]1O[C@H](CO)[C@@H](O)[C@H](O)[C@@H]1O)C(=O)N[C@@H](C)C(=O)N[C@@H](C)C(=O)NCCOCCOCC(=O)NCCOCCOCC(=O)N[C@@H](CS)C(N)=O. The average Bonchev–Trinajstić information content (AvgIpc) is 3.33. The zero-order valence-corrected chi connectivity index (χ0v) is 42.4. The van der Waals surface area contributed by atoms with E-state index >= 15 is 0 Å². The van der Waals surface area contributed by atoms with Crippen LogP contribution in [0, 0.1) is 0 Å². The van der Waals surface area contributed by atoms with Crippen LogP contribution < -0.4 is 53.6 Å². The number of ether oxygens (including phenoxy) is 6. The van der Waals surface area contributed by atoms with E-state index in [2.05, 4.69) is 60.5 Å². The smallest absolute Gasteiger partial charge is 0.246 e. The molecule has 1 aliphatic heterocycles. The molecule has 1 fully saturated rings. The molecule has 31 heteroatoms. The quantitative estimate of drug-likeness (QED) is 0.0203. The summed E-state index contributed by atoms with van der Waals surface area (Å²) >= 11 is 3.93. The third kappa shape index (κ3) is 27.5. The minimum atomic E-state index is -1.67. The summed E-state index contributed by atoms with van der Waals surface area (Å²) in [6, 6.07) is -6.94. The van der Waals surface area contributed by atoms with E-state index in [9.17, 15) is 68.4 Å². The van der Waals surface area contributed by atoms with Gasteiger partial charge in [-0.1, -0.05) is 0 Å². The molecule has 0 aliphatic carbocycles. The normalized spacial score (nSPS) is 19.8. The molecule has 1 rings (SSSR count). The van der Waals surface area contributed by atoms with Crippen molar-refractivity contribution >= 4 is 71.7 Å². The second kappa shape index (κ2) is 36.6. The highest BCUT2D eigenvalue weighted by atomic mass is 32.1. The molecule has 11 atom stereocenters. The molecule has 0 bridgehead atoms. The number of nitrogens with one attached hydrogen (secondary N) is 9. The van der Waals surface area contributed by atoms with E-state index in [1.54, 1.807) is 0 Å². The zero-order valence-electron chi connectivity index (χ0n) is 41.5. The number of carbonyl (C=O) groups excluding carboxylic acids is 10. The summed E-state index contributed by atoms with van der Waals surface area (Å²) in [6.07, 6.45) is -8.27. The van der Waals surface area contributed by atoms with Crippen molar-refractivity contribution in [3.05, 3.63) is 0 Å². The second-order valence-electron chi connectivity index (χ2n) is 16.3. The molecule has 0 aromatic rings. The molecule has 1 heterocycles. The summed E-state index contributed by atoms with van der Waals surface area (Å²) in [5.74, 6) is -6.57. The summed E-state index contributed by atoms with van der Waals surface area (Å²) in [4.78, 5) is 124. The van der Waals surface area contributed by atoms with E-state index in [-0.39, 0.29) is 97.7 Å². The lowest BCUT2D eigenvalue weighted by Crippen LogP contribution is -2.59. The summed E-state index contributed by atoms with van der Waals surface area (Å²) < 4.78 is 31.7. The van der Waals surface area contributed by atoms with Gasteiger partial charge in [0, 0.05) is 38.7 Å². The zero-order chi connectivity index (χ0) is 55.0. The Morgan fingerprint density at radius 1 is 0.548 bits per heavy atom. The van der Waals surface area contributed by atoms with E-state index in [0.29, 0.717) is 0 Å². The van der Waals surface area contributed by atoms with E-state index < -0.39 is 133 Å². The lowest BCUT2D eigenvalue weighted by atomic mass is 9.99. The highest BCUT2D eigenvalue weighted by molar-refractivity contribution is 7.80. The van der Waals surface area contributed by atoms with Crippen molar-refractivity contribution in [2.24, 2.45) is 5.73 Å². The van der Waals surface area contributed by atoms with Crippen molar-refractivity contribution in [2.45, 2.75) is 114 Å². The fraction of sp³-hybridized carbons (Fsp3) is 0.762. The Balaban J connectivity index is 2.51. The van der Waals surface area contributed by atoms with Gasteiger partial charge in [0.25, 0.3) is 0 Å². The summed E-state index contributed by atoms with van der Waals surface area (Å²) in [5, 5.41) is 61.5. The molecule has 1 aliphatic rings. The van der Waals surface area contributed by atoms with E-state index in [1.807, 2.05) is 0 Å². The van der Waals surface area contributed by atoms with Crippen LogP contribution in [0.15, 0.2) is 0 Å². The first-order valence-electron chi connectivity index (χ1n) is 23.2. The lowest BCUT2D eigenvalue weighted by Gasteiger charge is -2.39.